The molecule has 29 heavy (non-hydrogen) atoms. The number of carbonyl (C=O) groups is 2. The first-order valence-electron chi connectivity index (χ1n) is 9.64. The van der Waals surface area contributed by atoms with Gasteiger partial charge in [-0.3, -0.25) is 0 Å². The van der Waals surface area contributed by atoms with Gasteiger partial charge in [-0.15, -0.1) is 0 Å². The van der Waals surface area contributed by atoms with E-state index in [4.69, 9.17) is 9.47 Å². The molecule has 162 valence electrons. The fraction of sp³-hybridized carbons (Fsp3) is 0.600. The monoisotopic (exact) mass is 429 g/mol. The third-order valence-electron chi connectivity index (χ3n) is 5.30. The minimum absolute atomic E-state index is 0.242. The van der Waals surface area contributed by atoms with Gasteiger partial charge >= 0.3 is 11.9 Å². The van der Waals surface area contributed by atoms with E-state index in [1.54, 1.807) is 0 Å². The molecule has 0 aromatic heterocycles. The number of halogens is 1. The lowest BCUT2D eigenvalue weighted by atomic mass is 9.75. The van der Waals surface area contributed by atoms with Crippen LogP contribution in [0.2, 0.25) is 0 Å². The molecule has 1 aliphatic rings. The lowest BCUT2D eigenvalue weighted by Gasteiger charge is -2.36. The zero-order valence-electron chi connectivity index (χ0n) is 17.1. The highest BCUT2D eigenvalue weighted by Gasteiger charge is 2.33. The smallest absolute Gasteiger partial charge is 0.344 e. The van der Waals surface area contributed by atoms with Crippen molar-refractivity contribution in [1.29, 1.82) is 0 Å². The summed E-state index contributed by atoms with van der Waals surface area (Å²) in [6.45, 7) is 5.59. The van der Waals surface area contributed by atoms with Crippen LogP contribution in [0.25, 0.3) is 0 Å². The van der Waals surface area contributed by atoms with Crippen molar-refractivity contribution in [2.24, 2.45) is 17.8 Å². The molecule has 1 aromatic rings. The molecular formula is C20H28FNO6S. The van der Waals surface area contributed by atoms with Crippen molar-refractivity contribution in [3.8, 4) is 0 Å². The molecule has 1 N–H and O–H groups in total. The van der Waals surface area contributed by atoms with Crippen molar-refractivity contribution in [1.82, 2.24) is 4.72 Å². The third kappa shape index (κ3) is 5.99. The van der Waals surface area contributed by atoms with E-state index in [0.29, 0.717) is 11.8 Å². The summed E-state index contributed by atoms with van der Waals surface area (Å²) in [5.41, 5.74) is -0.569. The van der Waals surface area contributed by atoms with Gasteiger partial charge in [0.1, 0.15) is 11.9 Å². The van der Waals surface area contributed by atoms with E-state index in [2.05, 4.69) is 25.5 Å². The molecule has 1 saturated carbocycles. The topological polar surface area (TPSA) is 98.8 Å². The van der Waals surface area contributed by atoms with E-state index < -0.39 is 39.9 Å². The van der Waals surface area contributed by atoms with E-state index in [-0.39, 0.29) is 16.9 Å². The summed E-state index contributed by atoms with van der Waals surface area (Å²) in [5, 5.41) is 0. The molecule has 9 heteroatoms. The molecule has 0 saturated heterocycles. The van der Waals surface area contributed by atoms with Crippen LogP contribution >= 0.6 is 0 Å². The zero-order valence-corrected chi connectivity index (χ0v) is 17.9. The quantitative estimate of drug-likeness (QED) is 0.669. The van der Waals surface area contributed by atoms with E-state index >= 15 is 0 Å². The average Bonchev–Trinajstić information content (AvgIpc) is 2.66. The molecule has 3 unspecified atom stereocenters. The fourth-order valence-corrected chi connectivity index (χ4v) is 4.36. The van der Waals surface area contributed by atoms with Crippen molar-refractivity contribution in [3.05, 3.63) is 29.6 Å². The van der Waals surface area contributed by atoms with Crippen molar-refractivity contribution < 1.29 is 31.9 Å². The molecule has 2 rings (SSSR count). The van der Waals surface area contributed by atoms with Gasteiger partial charge in [-0.05, 0) is 55.8 Å². The first-order valence-corrected chi connectivity index (χ1v) is 11.1. The Hall–Kier alpha value is -2.00. The average molecular weight is 430 g/mol. The summed E-state index contributed by atoms with van der Waals surface area (Å²) in [6.07, 6.45) is 2.55. The van der Waals surface area contributed by atoms with Gasteiger partial charge in [0.05, 0.1) is 10.5 Å². The minimum Gasteiger partial charge on any atom is -0.460 e. The van der Waals surface area contributed by atoms with Gasteiger partial charge in [-0.1, -0.05) is 27.2 Å². The number of ether oxygens (including phenoxy) is 2. The molecule has 1 aromatic carbocycles. The van der Waals surface area contributed by atoms with Gasteiger partial charge in [0.25, 0.3) is 0 Å². The number of sulfonamides is 1. The Morgan fingerprint density at radius 2 is 1.97 bits per heavy atom. The summed E-state index contributed by atoms with van der Waals surface area (Å²) < 4.78 is 50.1. The van der Waals surface area contributed by atoms with Gasteiger partial charge in [0.15, 0.2) is 6.61 Å². The number of nitrogens with one attached hydrogen (secondary N) is 1. The van der Waals surface area contributed by atoms with E-state index in [1.807, 2.05) is 0 Å². The lowest BCUT2D eigenvalue weighted by Crippen LogP contribution is -2.36. The van der Waals surface area contributed by atoms with E-state index in [1.165, 1.54) is 7.05 Å². The van der Waals surface area contributed by atoms with E-state index in [0.717, 1.165) is 37.5 Å². The maximum atomic E-state index is 14.0. The van der Waals surface area contributed by atoms with Crippen LogP contribution in [0.5, 0.6) is 0 Å². The maximum absolute atomic E-state index is 14.0. The zero-order chi connectivity index (χ0) is 21.8. The lowest BCUT2D eigenvalue weighted by molar-refractivity contribution is -0.159. The van der Waals surface area contributed by atoms with Crippen molar-refractivity contribution in [2.45, 2.75) is 51.0 Å². The Bertz CT molecular complexity index is 855. The van der Waals surface area contributed by atoms with Crippen molar-refractivity contribution in [3.63, 3.8) is 0 Å². The van der Waals surface area contributed by atoms with Crippen LogP contribution < -0.4 is 4.72 Å². The molecule has 0 aliphatic heterocycles. The van der Waals surface area contributed by atoms with Crippen LogP contribution in [0.15, 0.2) is 23.1 Å². The highest BCUT2D eigenvalue weighted by atomic mass is 32.2. The van der Waals surface area contributed by atoms with Gasteiger partial charge in [-0.2, -0.15) is 0 Å². The molecule has 0 radical (unpaired) electrons. The first-order chi connectivity index (χ1) is 13.5. The molecule has 7 nitrogen and oxygen atoms in total. The van der Waals surface area contributed by atoms with Gasteiger partial charge < -0.3 is 9.47 Å². The first kappa shape index (κ1) is 23.3. The Morgan fingerprint density at radius 3 is 2.59 bits per heavy atom. The van der Waals surface area contributed by atoms with Crippen molar-refractivity contribution >= 4 is 22.0 Å². The Balaban J connectivity index is 2.01. The fourth-order valence-electron chi connectivity index (χ4n) is 3.60. The van der Waals surface area contributed by atoms with Crippen LogP contribution in [0, 0.1) is 23.6 Å². The molecule has 3 atom stereocenters. The highest BCUT2D eigenvalue weighted by molar-refractivity contribution is 7.89. The Morgan fingerprint density at radius 1 is 1.28 bits per heavy atom. The number of benzene rings is 1. The van der Waals surface area contributed by atoms with Crippen molar-refractivity contribution in [2.75, 3.05) is 13.7 Å². The van der Waals surface area contributed by atoms with Crippen LogP contribution in [0.3, 0.4) is 0 Å². The summed E-state index contributed by atoms with van der Waals surface area (Å²) in [4.78, 5) is 24.1. The number of rotatable bonds is 7. The van der Waals surface area contributed by atoms with E-state index in [9.17, 15) is 22.4 Å². The SMILES string of the molecule is CNS(=O)(=O)c1ccc(F)c(C(=O)OCC(=O)OC2CC(C)CCC2C(C)C)c1. The highest BCUT2D eigenvalue weighted by Crippen LogP contribution is 2.35. The molecule has 0 amide bonds. The Kier molecular flexibility index (Phi) is 7.76. The van der Waals surface area contributed by atoms with Gasteiger partial charge in [0, 0.05) is 0 Å². The van der Waals surface area contributed by atoms with Crippen LogP contribution in [-0.2, 0) is 24.3 Å². The molecule has 1 fully saturated rings. The normalized spacial score (nSPS) is 22.3. The van der Waals surface area contributed by atoms with Gasteiger partial charge in [-0.25, -0.2) is 27.1 Å². The molecule has 0 heterocycles. The maximum Gasteiger partial charge on any atom is 0.344 e. The number of carbonyl (C=O) groups excluding carboxylic acids is 2. The second-order valence-electron chi connectivity index (χ2n) is 7.78. The third-order valence-corrected chi connectivity index (χ3v) is 6.71. The standard InChI is InChI=1S/C20H28FNO6S/c1-12(2)15-7-5-13(3)9-18(15)28-19(23)11-27-20(24)16-10-14(6-8-17(16)21)29(25,26)22-4/h6,8,10,12-13,15,18,22H,5,7,9,11H2,1-4H3. The predicted octanol–water partition coefficient (Wildman–Crippen LogP) is 2.89. The second kappa shape index (κ2) is 9.67. The molecule has 1 aliphatic carbocycles. The largest absolute Gasteiger partial charge is 0.460 e. The Labute approximate surface area is 171 Å². The summed E-state index contributed by atoms with van der Waals surface area (Å²) in [7, 11) is -2.66. The summed E-state index contributed by atoms with van der Waals surface area (Å²) in [5.74, 6) is -1.75. The number of hydrogen-bond acceptors (Lipinski definition) is 6. The minimum atomic E-state index is -3.86. The molecular weight excluding hydrogens is 401 g/mol. The predicted molar refractivity (Wildman–Crippen MR) is 104 cm³/mol. The van der Waals surface area contributed by atoms with Gasteiger partial charge in [0.2, 0.25) is 10.0 Å². The molecule has 0 bridgehead atoms. The number of esters is 2. The number of hydrogen-bond donors (Lipinski definition) is 1. The van der Waals surface area contributed by atoms with Crippen LogP contribution in [0.4, 0.5) is 4.39 Å². The molecule has 0 spiro atoms. The van der Waals surface area contributed by atoms with Crippen LogP contribution in [0.1, 0.15) is 50.4 Å². The summed E-state index contributed by atoms with van der Waals surface area (Å²) in [6, 6.07) is 2.75. The second-order valence-corrected chi connectivity index (χ2v) is 9.67. The summed E-state index contributed by atoms with van der Waals surface area (Å²) >= 11 is 0. The van der Waals surface area contributed by atoms with Crippen LogP contribution in [-0.4, -0.2) is 40.1 Å².